The first kappa shape index (κ1) is 10.0. The van der Waals surface area contributed by atoms with Gasteiger partial charge in [0.25, 0.3) is 0 Å². The number of carbonyl (C=O) groups is 1. The van der Waals surface area contributed by atoms with Gasteiger partial charge in [0, 0.05) is 5.56 Å². The highest BCUT2D eigenvalue weighted by Crippen LogP contribution is 2.22. The molecule has 0 aliphatic rings. The van der Waals surface area contributed by atoms with Gasteiger partial charge in [-0.05, 0) is 19.2 Å². The van der Waals surface area contributed by atoms with Crippen LogP contribution in [0.25, 0.3) is 0 Å². The minimum absolute atomic E-state index is 0.0532. The first-order chi connectivity index (χ1) is 6.16. The van der Waals surface area contributed by atoms with E-state index >= 15 is 0 Å². The molecule has 0 aromatic heterocycles. The maximum atomic E-state index is 11.4. The summed E-state index contributed by atoms with van der Waals surface area (Å²) < 4.78 is 0. The average molecular weight is 199 g/mol. The Kier molecular flexibility index (Phi) is 3.28. The molecule has 1 aromatic carbocycles. The van der Waals surface area contributed by atoms with E-state index in [9.17, 15) is 4.79 Å². The molecular weight excluding hydrogens is 188 g/mol. The lowest BCUT2D eigenvalue weighted by atomic mass is 10.1. The van der Waals surface area contributed by atoms with Crippen molar-refractivity contribution < 1.29 is 4.79 Å². The zero-order valence-electron chi connectivity index (χ0n) is 7.30. The van der Waals surface area contributed by atoms with E-state index in [1.165, 1.54) is 0 Å². The molecule has 0 amide bonds. The van der Waals surface area contributed by atoms with Gasteiger partial charge in [0.05, 0.1) is 17.3 Å². The average Bonchev–Trinajstić information content (AvgIpc) is 2.10. The minimum Gasteiger partial charge on any atom is -0.397 e. The Morgan fingerprint density at radius 1 is 1.62 bits per heavy atom. The summed E-state index contributed by atoms with van der Waals surface area (Å²) in [6.07, 6.45) is 0. The monoisotopic (exact) mass is 198 g/mol. The van der Waals surface area contributed by atoms with Crippen LogP contribution in [-0.4, -0.2) is 19.4 Å². The highest BCUT2D eigenvalue weighted by atomic mass is 35.5. The zero-order chi connectivity index (χ0) is 9.84. The van der Waals surface area contributed by atoms with Gasteiger partial charge in [0.1, 0.15) is 0 Å². The summed E-state index contributed by atoms with van der Waals surface area (Å²) >= 11 is 5.76. The lowest BCUT2D eigenvalue weighted by Gasteiger charge is -2.05. The summed E-state index contributed by atoms with van der Waals surface area (Å²) in [7, 11) is 1.71. The molecule has 0 spiro atoms. The third-order valence-corrected chi connectivity index (χ3v) is 2.02. The quantitative estimate of drug-likeness (QED) is 0.569. The van der Waals surface area contributed by atoms with E-state index in [4.69, 9.17) is 17.3 Å². The molecule has 70 valence electrons. The van der Waals surface area contributed by atoms with Gasteiger partial charge in [0.15, 0.2) is 5.78 Å². The molecule has 0 heterocycles. The number of ketones is 1. The van der Waals surface area contributed by atoms with E-state index < -0.39 is 0 Å². The third kappa shape index (κ3) is 2.20. The first-order valence-electron chi connectivity index (χ1n) is 3.88. The standard InChI is InChI=1S/C9H11ClN2O/c1-12-5-8(13)6-3-2-4-7(10)9(6)11/h2-4,12H,5,11H2,1H3. The number of hydrogen-bond acceptors (Lipinski definition) is 3. The maximum absolute atomic E-state index is 11.4. The predicted molar refractivity (Wildman–Crippen MR) is 54.1 cm³/mol. The second kappa shape index (κ2) is 4.25. The summed E-state index contributed by atoms with van der Waals surface area (Å²) in [6, 6.07) is 5.04. The Balaban J connectivity index is 3.01. The van der Waals surface area contributed by atoms with Gasteiger partial charge in [-0.2, -0.15) is 0 Å². The molecule has 0 saturated carbocycles. The number of para-hydroxylation sites is 1. The molecule has 1 aromatic rings. The Labute approximate surface area is 81.9 Å². The zero-order valence-corrected chi connectivity index (χ0v) is 8.06. The lowest BCUT2D eigenvalue weighted by Crippen LogP contribution is -2.19. The van der Waals surface area contributed by atoms with E-state index in [-0.39, 0.29) is 12.3 Å². The van der Waals surface area contributed by atoms with Crippen LogP contribution in [-0.2, 0) is 0 Å². The van der Waals surface area contributed by atoms with Crippen molar-refractivity contribution in [3.63, 3.8) is 0 Å². The van der Waals surface area contributed by atoms with Gasteiger partial charge in [-0.15, -0.1) is 0 Å². The third-order valence-electron chi connectivity index (χ3n) is 1.69. The SMILES string of the molecule is CNCC(=O)c1cccc(Cl)c1N. The molecule has 0 saturated heterocycles. The molecule has 4 heteroatoms. The highest BCUT2D eigenvalue weighted by molar-refractivity contribution is 6.34. The Morgan fingerprint density at radius 3 is 2.92 bits per heavy atom. The molecule has 3 N–H and O–H groups in total. The number of benzene rings is 1. The van der Waals surface area contributed by atoms with E-state index in [0.29, 0.717) is 16.3 Å². The Morgan fingerprint density at radius 2 is 2.31 bits per heavy atom. The summed E-state index contributed by atoms with van der Waals surface area (Å²) in [5, 5.41) is 3.18. The number of nitrogens with two attached hydrogens (primary N) is 1. The van der Waals surface area contributed by atoms with Gasteiger partial charge in [0.2, 0.25) is 0 Å². The number of likely N-dealkylation sites (N-methyl/N-ethyl adjacent to an activating group) is 1. The summed E-state index contributed by atoms with van der Waals surface area (Å²) in [4.78, 5) is 11.4. The van der Waals surface area contributed by atoms with Crippen molar-refractivity contribution in [2.24, 2.45) is 0 Å². The molecule has 1 rings (SSSR count). The fraction of sp³-hybridized carbons (Fsp3) is 0.222. The molecule has 3 nitrogen and oxygen atoms in total. The van der Waals surface area contributed by atoms with Gasteiger partial charge in [-0.25, -0.2) is 0 Å². The van der Waals surface area contributed by atoms with Crippen LogP contribution in [0.1, 0.15) is 10.4 Å². The van der Waals surface area contributed by atoms with Crippen molar-refractivity contribution in [3.05, 3.63) is 28.8 Å². The number of anilines is 1. The lowest BCUT2D eigenvalue weighted by molar-refractivity contribution is 0.0994. The van der Waals surface area contributed by atoms with Crippen molar-refractivity contribution >= 4 is 23.1 Å². The Hall–Kier alpha value is -1.06. The topological polar surface area (TPSA) is 55.1 Å². The van der Waals surface area contributed by atoms with Crippen LogP contribution < -0.4 is 11.1 Å². The number of nitrogen functional groups attached to an aromatic ring is 1. The Bertz CT molecular complexity index is 325. The molecule has 0 aliphatic heterocycles. The summed E-state index contributed by atoms with van der Waals surface area (Å²) in [6.45, 7) is 0.268. The second-order valence-corrected chi connectivity index (χ2v) is 3.06. The normalized spacial score (nSPS) is 10.0. The van der Waals surface area contributed by atoms with Crippen LogP contribution in [0.4, 0.5) is 5.69 Å². The maximum Gasteiger partial charge on any atom is 0.178 e. The molecule has 0 bridgehead atoms. The van der Waals surface area contributed by atoms with Crippen LogP contribution in [0, 0.1) is 0 Å². The number of carbonyl (C=O) groups excluding carboxylic acids is 1. The molecule has 0 fully saturated rings. The van der Waals surface area contributed by atoms with Crippen LogP contribution >= 0.6 is 11.6 Å². The largest absolute Gasteiger partial charge is 0.397 e. The molecule has 0 atom stereocenters. The minimum atomic E-state index is -0.0532. The van der Waals surface area contributed by atoms with Crippen molar-refractivity contribution in [2.75, 3.05) is 19.3 Å². The molecular formula is C9H11ClN2O. The van der Waals surface area contributed by atoms with Crippen LogP contribution in [0.5, 0.6) is 0 Å². The van der Waals surface area contributed by atoms with Crippen molar-refractivity contribution in [2.45, 2.75) is 0 Å². The van der Waals surface area contributed by atoms with Crippen molar-refractivity contribution in [1.82, 2.24) is 5.32 Å². The molecule has 0 radical (unpaired) electrons. The molecule has 0 unspecified atom stereocenters. The first-order valence-corrected chi connectivity index (χ1v) is 4.26. The van der Waals surface area contributed by atoms with E-state index in [2.05, 4.69) is 5.32 Å². The number of halogens is 1. The fourth-order valence-electron chi connectivity index (χ4n) is 1.04. The predicted octanol–water partition coefficient (Wildman–Crippen LogP) is 1.32. The van der Waals surface area contributed by atoms with E-state index in [1.54, 1.807) is 25.2 Å². The van der Waals surface area contributed by atoms with Crippen molar-refractivity contribution in [3.8, 4) is 0 Å². The fourth-order valence-corrected chi connectivity index (χ4v) is 1.21. The van der Waals surface area contributed by atoms with Gasteiger partial charge in [-0.1, -0.05) is 17.7 Å². The van der Waals surface area contributed by atoms with Gasteiger partial charge in [-0.3, -0.25) is 4.79 Å². The van der Waals surface area contributed by atoms with Gasteiger partial charge < -0.3 is 11.1 Å². The van der Waals surface area contributed by atoms with Crippen LogP contribution in [0.3, 0.4) is 0 Å². The number of rotatable bonds is 3. The highest BCUT2D eigenvalue weighted by Gasteiger charge is 2.09. The van der Waals surface area contributed by atoms with E-state index in [0.717, 1.165) is 0 Å². The summed E-state index contributed by atoms with van der Waals surface area (Å²) in [5.41, 5.74) is 6.46. The van der Waals surface area contributed by atoms with E-state index in [1.807, 2.05) is 0 Å². The second-order valence-electron chi connectivity index (χ2n) is 2.65. The molecule has 0 aliphatic carbocycles. The smallest absolute Gasteiger partial charge is 0.178 e. The van der Waals surface area contributed by atoms with Gasteiger partial charge >= 0.3 is 0 Å². The number of Topliss-reactive ketones (excluding diaryl/α,β-unsaturated/α-hetero) is 1. The van der Waals surface area contributed by atoms with Crippen LogP contribution in [0.15, 0.2) is 18.2 Å². The summed E-state index contributed by atoms with van der Waals surface area (Å²) in [5.74, 6) is -0.0532. The number of nitrogens with one attached hydrogen (secondary N) is 1. The number of hydrogen-bond donors (Lipinski definition) is 2. The van der Waals surface area contributed by atoms with Crippen molar-refractivity contribution in [1.29, 1.82) is 0 Å². The van der Waals surface area contributed by atoms with Crippen LogP contribution in [0.2, 0.25) is 5.02 Å². The molecule has 13 heavy (non-hydrogen) atoms.